The Balaban J connectivity index is 4.04. The molecule has 0 saturated carbocycles. The fraction of sp³-hybridized carbons (Fsp3) is 0.766. The number of likely N-dealkylation sites (N-methyl/N-ethyl adjacent to an activating group) is 1. The minimum Gasteiger partial charge on any atom is -0.756 e. The second kappa shape index (κ2) is 40.0. The Labute approximate surface area is 345 Å². The maximum absolute atomic E-state index is 12.6. The highest BCUT2D eigenvalue weighted by Crippen LogP contribution is 2.38. The van der Waals surface area contributed by atoms with Crippen molar-refractivity contribution in [1.29, 1.82) is 0 Å². The van der Waals surface area contributed by atoms with Crippen LogP contribution in [0.3, 0.4) is 0 Å². The highest BCUT2D eigenvalue weighted by atomic mass is 31.2. The first-order chi connectivity index (χ1) is 27.1. The van der Waals surface area contributed by atoms with E-state index in [2.05, 4.69) is 74.6 Å². The van der Waals surface area contributed by atoms with E-state index in [1.807, 2.05) is 21.1 Å². The Kier molecular flexibility index (Phi) is 38.7. The van der Waals surface area contributed by atoms with Gasteiger partial charge in [0, 0.05) is 13.0 Å². The van der Waals surface area contributed by atoms with Crippen LogP contribution in [-0.4, -0.2) is 70.7 Å². The van der Waals surface area contributed by atoms with E-state index in [1.54, 1.807) is 0 Å². The molecule has 0 bridgehead atoms. The number of hydrogen-bond acceptors (Lipinski definition) is 7. The number of hydrogen-bond donors (Lipinski definition) is 0. The molecule has 0 aromatic heterocycles. The normalized spacial score (nSPS) is 14.3. The Bertz CT molecular complexity index is 1080. The summed E-state index contributed by atoms with van der Waals surface area (Å²) in [6.07, 6.45) is 49.7. The smallest absolute Gasteiger partial charge is 0.306 e. The maximum atomic E-state index is 12.6. The van der Waals surface area contributed by atoms with E-state index in [1.165, 1.54) is 89.9 Å². The minimum atomic E-state index is -4.52. The van der Waals surface area contributed by atoms with E-state index in [9.17, 15) is 14.3 Å². The molecule has 56 heavy (non-hydrogen) atoms. The minimum absolute atomic E-state index is 0.0239. The zero-order valence-corrected chi connectivity index (χ0v) is 37.7. The zero-order chi connectivity index (χ0) is 41.3. The maximum Gasteiger partial charge on any atom is 0.306 e. The monoisotopic (exact) mass is 808 g/mol. The summed E-state index contributed by atoms with van der Waals surface area (Å²) >= 11 is 0. The van der Waals surface area contributed by atoms with Crippen LogP contribution in [0.4, 0.5) is 0 Å². The van der Waals surface area contributed by atoms with E-state index in [-0.39, 0.29) is 25.8 Å². The molecule has 0 aliphatic heterocycles. The molecule has 0 rings (SSSR count). The van der Waals surface area contributed by atoms with Crippen LogP contribution in [0.15, 0.2) is 60.8 Å². The number of allylic oxidation sites excluding steroid dienone is 10. The van der Waals surface area contributed by atoms with E-state index < -0.39 is 13.9 Å². The van der Waals surface area contributed by atoms with Gasteiger partial charge < -0.3 is 27.9 Å². The average Bonchev–Trinajstić information content (AvgIpc) is 3.15. The number of phosphoric ester groups is 1. The van der Waals surface area contributed by atoms with Gasteiger partial charge in [0.15, 0.2) is 0 Å². The lowest BCUT2D eigenvalue weighted by Gasteiger charge is -2.28. The summed E-state index contributed by atoms with van der Waals surface area (Å²) in [6.45, 7) is 5.25. The highest BCUT2D eigenvalue weighted by molar-refractivity contribution is 7.45. The summed E-state index contributed by atoms with van der Waals surface area (Å²) in [4.78, 5) is 24.9. The van der Waals surface area contributed by atoms with Crippen molar-refractivity contribution in [2.45, 2.75) is 180 Å². The van der Waals surface area contributed by atoms with Crippen LogP contribution in [0.2, 0.25) is 0 Å². The predicted molar refractivity (Wildman–Crippen MR) is 236 cm³/mol. The number of carbonyl (C=O) groups is 1. The fourth-order valence-electron chi connectivity index (χ4n) is 5.87. The van der Waals surface area contributed by atoms with Crippen LogP contribution in [0.1, 0.15) is 174 Å². The topological polar surface area (TPSA) is 94.1 Å². The molecule has 326 valence electrons. The summed E-state index contributed by atoms with van der Waals surface area (Å²) in [6, 6.07) is 0. The number of nitrogens with zero attached hydrogens (tertiary/aromatic N) is 1. The third kappa shape index (κ3) is 43.3. The second-order valence-corrected chi connectivity index (χ2v) is 17.4. The quantitative estimate of drug-likeness (QED) is 0.0200. The molecule has 0 aromatic carbocycles. The van der Waals surface area contributed by atoms with Crippen LogP contribution in [-0.2, 0) is 27.9 Å². The largest absolute Gasteiger partial charge is 0.756 e. The van der Waals surface area contributed by atoms with Gasteiger partial charge >= 0.3 is 5.97 Å². The first kappa shape index (κ1) is 54.2. The van der Waals surface area contributed by atoms with Crippen molar-refractivity contribution in [2.24, 2.45) is 0 Å². The zero-order valence-electron chi connectivity index (χ0n) is 36.8. The van der Waals surface area contributed by atoms with Crippen LogP contribution in [0.5, 0.6) is 0 Å². The molecule has 0 amide bonds. The number of quaternary nitrogens is 1. The summed E-state index contributed by atoms with van der Waals surface area (Å²) in [5.74, 6) is -0.342. The van der Waals surface area contributed by atoms with Crippen molar-refractivity contribution < 1.29 is 37.3 Å². The molecule has 0 radical (unpaired) electrons. The van der Waals surface area contributed by atoms with Crippen LogP contribution >= 0.6 is 7.82 Å². The van der Waals surface area contributed by atoms with E-state index >= 15 is 0 Å². The van der Waals surface area contributed by atoms with Gasteiger partial charge in [0.1, 0.15) is 19.3 Å². The van der Waals surface area contributed by atoms with Gasteiger partial charge in [-0.15, -0.1) is 0 Å². The first-order valence-corrected chi connectivity index (χ1v) is 24.0. The number of unbranched alkanes of at least 4 members (excludes halogenated alkanes) is 17. The van der Waals surface area contributed by atoms with Gasteiger partial charge in [0.05, 0.1) is 34.4 Å². The van der Waals surface area contributed by atoms with Gasteiger partial charge in [-0.2, -0.15) is 0 Å². The molecule has 0 aromatic rings. The molecular weight excluding hydrogens is 721 g/mol. The SMILES string of the molecule is CC/C=C\C/C=C\C/C=C\C/C=C\C/C=C\CCCCCCCCCCCCOCC(COP(=O)([O-])OCC[N+](C)(C)C)OC(=O)CCCCCCCCCC. The number of ether oxygens (including phenoxy) is 2. The Hall–Kier alpha value is -1.80. The highest BCUT2D eigenvalue weighted by Gasteiger charge is 2.20. The Morgan fingerprint density at radius 2 is 1.04 bits per heavy atom. The van der Waals surface area contributed by atoms with Crippen molar-refractivity contribution in [2.75, 3.05) is 54.1 Å². The van der Waals surface area contributed by atoms with Gasteiger partial charge in [-0.25, -0.2) is 0 Å². The summed E-state index contributed by atoms with van der Waals surface area (Å²) < 4.78 is 34.5. The van der Waals surface area contributed by atoms with Crippen molar-refractivity contribution in [1.82, 2.24) is 0 Å². The van der Waals surface area contributed by atoms with Gasteiger partial charge in [0.25, 0.3) is 7.82 Å². The molecule has 0 heterocycles. The van der Waals surface area contributed by atoms with Crippen molar-refractivity contribution in [3.8, 4) is 0 Å². The van der Waals surface area contributed by atoms with E-state index in [0.717, 1.165) is 64.2 Å². The molecule has 0 spiro atoms. The van der Waals surface area contributed by atoms with Crippen molar-refractivity contribution in [3.63, 3.8) is 0 Å². The lowest BCUT2D eigenvalue weighted by Crippen LogP contribution is -2.37. The Morgan fingerprint density at radius 3 is 1.55 bits per heavy atom. The van der Waals surface area contributed by atoms with Crippen molar-refractivity contribution >= 4 is 13.8 Å². The first-order valence-electron chi connectivity index (χ1n) is 22.5. The lowest BCUT2D eigenvalue weighted by atomic mass is 10.1. The van der Waals surface area contributed by atoms with Gasteiger partial charge in [-0.1, -0.05) is 171 Å². The second-order valence-electron chi connectivity index (χ2n) is 16.0. The van der Waals surface area contributed by atoms with Gasteiger partial charge in [-0.05, 0) is 57.8 Å². The third-order valence-corrected chi connectivity index (χ3v) is 10.3. The van der Waals surface area contributed by atoms with E-state index in [4.69, 9.17) is 18.5 Å². The number of esters is 1. The molecule has 8 nitrogen and oxygen atoms in total. The molecular formula is C47H86NO7P. The number of rotatable bonds is 41. The summed E-state index contributed by atoms with van der Waals surface area (Å²) in [5.41, 5.74) is 0. The molecule has 0 aliphatic rings. The summed E-state index contributed by atoms with van der Waals surface area (Å²) in [7, 11) is 1.35. The van der Waals surface area contributed by atoms with E-state index in [0.29, 0.717) is 24.1 Å². The summed E-state index contributed by atoms with van der Waals surface area (Å²) in [5, 5.41) is 0. The molecule has 0 N–H and O–H groups in total. The van der Waals surface area contributed by atoms with Gasteiger partial charge in [0.2, 0.25) is 0 Å². The molecule has 2 unspecified atom stereocenters. The predicted octanol–water partition coefficient (Wildman–Crippen LogP) is 12.7. The third-order valence-electron chi connectivity index (χ3n) is 9.33. The van der Waals surface area contributed by atoms with Crippen molar-refractivity contribution in [3.05, 3.63) is 60.8 Å². The van der Waals surface area contributed by atoms with Gasteiger partial charge in [-0.3, -0.25) is 9.36 Å². The van der Waals surface area contributed by atoms with Crippen LogP contribution in [0, 0.1) is 0 Å². The molecule has 0 saturated heterocycles. The average molecular weight is 808 g/mol. The number of phosphoric acid groups is 1. The van der Waals surface area contributed by atoms with Crippen LogP contribution < -0.4 is 4.89 Å². The number of carbonyl (C=O) groups excluding carboxylic acids is 1. The molecule has 0 aliphatic carbocycles. The lowest BCUT2D eigenvalue weighted by molar-refractivity contribution is -0.870. The van der Waals surface area contributed by atoms with Crippen LogP contribution in [0.25, 0.3) is 0 Å². The standard InChI is InChI=1S/C47H86NO7P/c1-6-8-10-12-14-16-17-18-19-20-21-22-23-24-25-26-27-28-29-30-31-32-33-35-37-39-42-52-44-46(45-54-56(50,51)53-43-41-48(3,4)5)55-47(49)40-38-36-34-15-13-11-9-7-2/h8,10,14,16,18-19,21-22,24-25,46H,6-7,9,11-13,15,17,20,23,26-45H2,1-5H3/b10-8-,16-14-,19-18-,22-21-,25-24-. The molecule has 9 heteroatoms. The Morgan fingerprint density at radius 1 is 0.571 bits per heavy atom. The fourth-order valence-corrected chi connectivity index (χ4v) is 6.59. The molecule has 0 fully saturated rings. The molecule has 2 atom stereocenters.